The van der Waals surface area contributed by atoms with E-state index < -0.39 is 12.0 Å². The molecule has 0 aromatic heterocycles. The minimum Gasteiger partial charge on any atom is -0.480 e. The Bertz CT molecular complexity index is 611. The minimum atomic E-state index is -1.07. The van der Waals surface area contributed by atoms with E-state index in [4.69, 9.17) is 0 Å². The maximum atomic E-state index is 12.2. The van der Waals surface area contributed by atoms with Gasteiger partial charge in [0.15, 0.2) is 0 Å². The Morgan fingerprint density at radius 1 is 1.08 bits per heavy atom. The summed E-state index contributed by atoms with van der Waals surface area (Å²) >= 11 is 0. The molecule has 1 aliphatic rings. The van der Waals surface area contributed by atoms with E-state index in [1.165, 1.54) is 6.42 Å². The highest BCUT2D eigenvalue weighted by atomic mass is 16.4. The second-order valence-corrected chi connectivity index (χ2v) is 7.10. The van der Waals surface area contributed by atoms with Crippen LogP contribution >= 0.6 is 0 Å². The molecule has 0 saturated heterocycles. The Morgan fingerprint density at radius 2 is 1.73 bits per heavy atom. The first-order valence-electron chi connectivity index (χ1n) is 9.32. The molecule has 1 saturated carbocycles. The van der Waals surface area contributed by atoms with Crippen molar-refractivity contribution in [3.63, 3.8) is 0 Å². The first-order valence-corrected chi connectivity index (χ1v) is 9.32. The topological polar surface area (TPSA) is 95.5 Å². The van der Waals surface area contributed by atoms with Crippen LogP contribution in [0, 0.1) is 5.92 Å². The predicted octanol–water partition coefficient (Wildman–Crippen LogP) is 2.27. The van der Waals surface area contributed by atoms with Gasteiger partial charge in [-0.05, 0) is 25.3 Å². The maximum absolute atomic E-state index is 12.2. The van der Waals surface area contributed by atoms with Crippen molar-refractivity contribution < 1.29 is 19.5 Å². The molecule has 6 heteroatoms. The minimum absolute atomic E-state index is 0.00377. The summed E-state index contributed by atoms with van der Waals surface area (Å²) in [5, 5.41) is 14.8. The number of rotatable bonds is 8. The second kappa shape index (κ2) is 9.94. The highest BCUT2D eigenvalue weighted by molar-refractivity contribution is 5.85. The number of carboxylic acid groups (broad SMARTS) is 1. The van der Waals surface area contributed by atoms with E-state index in [2.05, 4.69) is 10.6 Å². The summed E-state index contributed by atoms with van der Waals surface area (Å²) in [6.45, 7) is 1.77. The molecule has 1 unspecified atom stereocenters. The van der Waals surface area contributed by atoms with Crippen LogP contribution in [0.25, 0.3) is 0 Å². The van der Waals surface area contributed by atoms with Crippen molar-refractivity contribution in [1.82, 2.24) is 10.6 Å². The average molecular weight is 360 g/mol. The van der Waals surface area contributed by atoms with E-state index in [9.17, 15) is 19.5 Å². The molecule has 0 aliphatic heterocycles. The van der Waals surface area contributed by atoms with Gasteiger partial charge in [0.2, 0.25) is 11.8 Å². The summed E-state index contributed by atoms with van der Waals surface area (Å²) < 4.78 is 0. The van der Waals surface area contributed by atoms with Gasteiger partial charge in [-0.15, -0.1) is 0 Å². The lowest BCUT2D eigenvalue weighted by Gasteiger charge is -2.23. The van der Waals surface area contributed by atoms with Crippen LogP contribution < -0.4 is 10.6 Å². The molecule has 1 fully saturated rings. The lowest BCUT2D eigenvalue weighted by Crippen LogP contribution is -2.45. The molecule has 1 aromatic rings. The standard InChI is InChI=1S/C20H28N2O4/c1-14(21-19(24)16-10-6-3-7-11-16)12-18(23)22-17(20(25)26)13-15-8-4-2-5-9-15/h2,4-5,8-9,14,16-17H,3,6-7,10-13H2,1H3,(H,21,24)(H,22,23)(H,25,26)/t14?,17-/m0/s1. The molecule has 26 heavy (non-hydrogen) atoms. The monoisotopic (exact) mass is 360 g/mol. The van der Waals surface area contributed by atoms with Gasteiger partial charge in [0, 0.05) is 24.8 Å². The quantitative estimate of drug-likeness (QED) is 0.663. The zero-order chi connectivity index (χ0) is 18.9. The molecule has 2 atom stereocenters. The van der Waals surface area contributed by atoms with Crippen molar-refractivity contribution >= 4 is 17.8 Å². The molecule has 3 N–H and O–H groups in total. The lowest BCUT2D eigenvalue weighted by molar-refractivity contribution is -0.142. The molecule has 2 rings (SSSR count). The molecular formula is C20H28N2O4. The van der Waals surface area contributed by atoms with Crippen molar-refractivity contribution in [2.24, 2.45) is 5.92 Å². The number of benzene rings is 1. The third-order valence-electron chi connectivity index (χ3n) is 4.77. The van der Waals surface area contributed by atoms with Gasteiger partial charge in [0.05, 0.1) is 0 Å². The van der Waals surface area contributed by atoms with Crippen LogP contribution in [-0.4, -0.2) is 35.0 Å². The van der Waals surface area contributed by atoms with E-state index in [0.29, 0.717) is 0 Å². The summed E-state index contributed by atoms with van der Waals surface area (Å²) in [5.74, 6) is -1.39. The smallest absolute Gasteiger partial charge is 0.326 e. The number of hydrogen-bond donors (Lipinski definition) is 3. The number of carboxylic acids is 1. The van der Waals surface area contributed by atoms with Gasteiger partial charge < -0.3 is 15.7 Å². The van der Waals surface area contributed by atoms with Crippen LogP contribution in [0.2, 0.25) is 0 Å². The summed E-state index contributed by atoms with van der Waals surface area (Å²) in [7, 11) is 0. The number of carbonyl (C=O) groups is 3. The molecule has 1 aliphatic carbocycles. The normalized spacial score (nSPS) is 17.1. The maximum Gasteiger partial charge on any atom is 0.326 e. The van der Waals surface area contributed by atoms with Crippen molar-refractivity contribution in [3.8, 4) is 0 Å². The lowest BCUT2D eigenvalue weighted by atomic mass is 9.88. The highest BCUT2D eigenvalue weighted by Gasteiger charge is 2.24. The van der Waals surface area contributed by atoms with Crippen LogP contribution in [0.4, 0.5) is 0 Å². The van der Waals surface area contributed by atoms with E-state index in [1.807, 2.05) is 30.3 Å². The van der Waals surface area contributed by atoms with Crippen LogP contribution in [0.15, 0.2) is 30.3 Å². The van der Waals surface area contributed by atoms with Gasteiger partial charge in [-0.1, -0.05) is 49.6 Å². The second-order valence-electron chi connectivity index (χ2n) is 7.10. The van der Waals surface area contributed by atoms with Crippen molar-refractivity contribution in [2.45, 2.75) is 64.0 Å². The highest BCUT2D eigenvalue weighted by Crippen LogP contribution is 2.23. The SMILES string of the molecule is CC(CC(=O)N[C@@H](Cc1ccccc1)C(=O)O)NC(=O)C1CCCCC1. The number of carbonyl (C=O) groups excluding carboxylic acids is 2. The van der Waals surface area contributed by atoms with Gasteiger partial charge in [-0.3, -0.25) is 9.59 Å². The van der Waals surface area contributed by atoms with Crippen molar-refractivity contribution in [3.05, 3.63) is 35.9 Å². The molecule has 6 nitrogen and oxygen atoms in total. The fraction of sp³-hybridized carbons (Fsp3) is 0.550. The number of nitrogens with one attached hydrogen (secondary N) is 2. The fourth-order valence-corrected chi connectivity index (χ4v) is 3.36. The Morgan fingerprint density at radius 3 is 2.35 bits per heavy atom. The van der Waals surface area contributed by atoms with Crippen LogP contribution in [-0.2, 0) is 20.8 Å². The van der Waals surface area contributed by atoms with Gasteiger partial charge in [-0.25, -0.2) is 4.79 Å². The van der Waals surface area contributed by atoms with Crippen molar-refractivity contribution in [2.75, 3.05) is 0 Å². The zero-order valence-electron chi connectivity index (χ0n) is 15.2. The van der Waals surface area contributed by atoms with E-state index in [1.54, 1.807) is 6.92 Å². The van der Waals surface area contributed by atoms with Crippen LogP contribution in [0.1, 0.15) is 51.0 Å². The zero-order valence-corrected chi connectivity index (χ0v) is 15.2. The summed E-state index contributed by atoms with van der Waals surface area (Å²) in [6.07, 6.45) is 5.44. The Labute approximate surface area is 154 Å². The molecule has 0 radical (unpaired) electrons. The predicted molar refractivity (Wildman–Crippen MR) is 98.5 cm³/mol. The summed E-state index contributed by atoms with van der Waals surface area (Å²) in [6, 6.07) is 7.87. The van der Waals surface area contributed by atoms with Crippen molar-refractivity contribution in [1.29, 1.82) is 0 Å². The summed E-state index contributed by atoms with van der Waals surface area (Å²) in [4.78, 5) is 35.8. The molecule has 142 valence electrons. The van der Waals surface area contributed by atoms with Crippen LogP contribution in [0.5, 0.6) is 0 Å². The Kier molecular flexibility index (Phi) is 7.63. The fourth-order valence-electron chi connectivity index (χ4n) is 3.36. The molecule has 0 spiro atoms. The van der Waals surface area contributed by atoms with Gasteiger partial charge >= 0.3 is 5.97 Å². The molecule has 1 aromatic carbocycles. The number of amides is 2. The first-order chi connectivity index (χ1) is 12.5. The number of hydrogen-bond acceptors (Lipinski definition) is 3. The van der Waals surface area contributed by atoms with Gasteiger partial charge in [-0.2, -0.15) is 0 Å². The van der Waals surface area contributed by atoms with Gasteiger partial charge in [0.1, 0.15) is 6.04 Å². The molecule has 2 amide bonds. The molecular weight excluding hydrogens is 332 g/mol. The number of aliphatic carboxylic acids is 1. The van der Waals surface area contributed by atoms with Gasteiger partial charge in [0.25, 0.3) is 0 Å². The van der Waals surface area contributed by atoms with E-state index >= 15 is 0 Å². The Hall–Kier alpha value is -2.37. The molecule has 0 heterocycles. The van der Waals surface area contributed by atoms with E-state index in [0.717, 1.165) is 31.2 Å². The van der Waals surface area contributed by atoms with E-state index in [-0.39, 0.29) is 36.6 Å². The largest absolute Gasteiger partial charge is 0.480 e. The third kappa shape index (κ3) is 6.50. The van der Waals surface area contributed by atoms with Crippen LogP contribution in [0.3, 0.4) is 0 Å². The Balaban J connectivity index is 1.81. The first kappa shape index (κ1) is 19.9. The third-order valence-corrected chi connectivity index (χ3v) is 4.77. The summed E-state index contributed by atoms with van der Waals surface area (Å²) in [5.41, 5.74) is 0.846. The average Bonchev–Trinajstić information content (AvgIpc) is 2.62. The molecule has 0 bridgehead atoms.